The van der Waals surface area contributed by atoms with Gasteiger partial charge >= 0.3 is 12.2 Å². The first-order valence-electron chi connectivity index (χ1n) is 18.1. The smallest absolute Gasteiger partial charge is 0.410 e. The van der Waals surface area contributed by atoms with Crippen LogP contribution >= 0.6 is 0 Å². The summed E-state index contributed by atoms with van der Waals surface area (Å²) in [6.45, 7) is 22.0. The van der Waals surface area contributed by atoms with E-state index in [1.54, 1.807) is 0 Å². The third kappa shape index (κ3) is 4.09. The highest BCUT2D eigenvalue weighted by molar-refractivity contribution is 5.69. The van der Waals surface area contributed by atoms with Gasteiger partial charge in [-0.3, -0.25) is 0 Å². The molecule has 2 spiro atoms. The lowest BCUT2D eigenvalue weighted by molar-refractivity contribution is -0.184. The molecule has 252 valence electrons. The molecular weight excluding hydrogens is 568 g/mol. The quantitative estimate of drug-likeness (QED) is 0.330. The van der Waals surface area contributed by atoms with E-state index in [1.807, 2.05) is 18.7 Å². The van der Waals surface area contributed by atoms with E-state index in [1.165, 1.54) is 12.8 Å². The monoisotopic (exact) mass is 626 g/mol. The highest BCUT2D eigenvalue weighted by Gasteiger charge is 2.84. The van der Waals surface area contributed by atoms with Crippen molar-refractivity contribution in [3.8, 4) is 0 Å². The third-order valence-corrected chi connectivity index (χ3v) is 15.5. The van der Waals surface area contributed by atoms with Crippen LogP contribution in [0, 0.1) is 50.7 Å². The molecule has 45 heavy (non-hydrogen) atoms. The van der Waals surface area contributed by atoms with Gasteiger partial charge in [-0.1, -0.05) is 41.2 Å². The van der Waals surface area contributed by atoms with Crippen LogP contribution in [0.4, 0.5) is 9.59 Å². The summed E-state index contributed by atoms with van der Waals surface area (Å²) in [5, 5.41) is 15.3. The van der Waals surface area contributed by atoms with E-state index in [4.69, 9.17) is 14.2 Å². The van der Waals surface area contributed by atoms with Gasteiger partial charge in [0.05, 0.1) is 18.3 Å². The number of ether oxygens (including phenoxy) is 3. The van der Waals surface area contributed by atoms with Gasteiger partial charge < -0.3 is 29.5 Å². The van der Waals surface area contributed by atoms with Crippen molar-refractivity contribution in [1.29, 1.82) is 0 Å². The van der Waals surface area contributed by atoms with E-state index in [2.05, 4.69) is 46.5 Å². The van der Waals surface area contributed by atoms with Gasteiger partial charge in [-0.15, -0.1) is 0 Å². The number of rotatable bonds is 5. The fourth-order valence-corrected chi connectivity index (χ4v) is 13.2. The molecule has 7 aliphatic rings. The van der Waals surface area contributed by atoms with Crippen LogP contribution in [0.5, 0.6) is 0 Å². The highest BCUT2D eigenvalue weighted by Crippen LogP contribution is 2.89. The molecule has 8 heteroatoms. The number of aliphatic hydroxyl groups excluding tert-OH is 1. The molecule has 2 amide bonds. The molecule has 7 fully saturated rings. The first-order chi connectivity index (χ1) is 21.2. The molecule has 1 unspecified atom stereocenters. The Hall–Kier alpha value is -1.80. The lowest BCUT2D eigenvalue weighted by Gasteiger charge is -2.63. The van der Waals surface area contributed by atoms with Gasteiger partial charge in [-0.2, -0.15) is 0 Å². The average molecular weight is 627 g/mol. The minimum Gasteiger partial charge on any atom is -0.446 e. The predicted molar refractivity (Wildman–Crippen MR) is 171 cm³/mol. The summed E-state index contributed by atoms with van der Waals surface area (Å²) in [6, 6.07) is 0. The Kier molecular flexibility index (Phi) is 7.31. The number of nitrogens with zero attached hydrogens (tertiary/aromatic N) is 1. The van der Waals surface area contributed by atoms with Crippen molar-refractivity contribution < 1.29 is 28.9 Å². The van der Waals surface area contributed by atoms with Crippen molar-refractivity contribution in [2.24, 2.45) is 50.7 Å². The van der Waals surface area contributed by atoms with Gasteiger partial charge in [-0.05, 0) is 117 Å². The normalized spacial score (nSPS) is 49.5. The van der Waals surface area contributed by atoms with Crippen LogP contribution in [-0.2, 0) is 14.2 Å². The minimum atomic E-state index is -0.578. The van der Waals surface area contributed by atoms with E-state index in [-0.39, 0.29) is 57.4 Å². The maximum Gasteiger partial charge on any atom is 0.410 e. The third-order valence-electron chi connectivity index (χ3n) is 15.5. The summed E-state index contributed by atoms with van der Waals surface area (Å²) >= 11 is 0. The Morgan fingerprint density at radius 2 is 1.76 bits per heavy atom. The van der Waals surface area contributed by atoms with Crippen molar-refractivity contribution in [1.82, 2.24) is 10.2 Å². The highest BCUT2D eigenvalue weighted by atomic mass is 16.6. The van der Waals surface area contributed by atoms with Gasteiger partial charge in [0.2, 0.25) is 0 Å². The zero-order chi connectivity index (χ0) is 32.3. The van der Waals surface area contributed by atoms with Crippen molar-refractivity contribution in [3.05, 3.63) is 12.2 Å². The van der Waals surface area contributed by atoms with Crippen LogP contribution in [0.3, 0.4) is 0 Å². The number of nitrogens with one attached hydrogen (secondary N) is 1. The molecule has 2 aliphatic heterocycles. The van der Waals surface area contributed by atoms with Crippen molar-refractivity contribution in [2.75, 3.05) is 19.6 Å². The SMILES string of the molecule is C=C(C)C(OC(=O)NCC)[C@H]1C[C@@H](C)[C@H]2[C@H](O1)[C@H](O)[C@@]1(C)[C@@H]3CC[C@H]4C(C)(C)[C@@H](OC(=O)N5CCC5)CC[C@@]45C[C@@]35CC[C@]21C. The molecular formula is C37H58N2O6. The van der Waals surface area contributed by atoms with Gasteiger partial charge in [0.25, 0.3) is 0 Å². The van der Waals surface area contributed by atoms with Gasteiger partial charge in [-0.25, -0.2) is 9.59 Å². The second-order valence-electron chi connectivity index (χ2n) is 17.5. The summed E-state index contributed by atoms with van der Waals surface area (Å²) in [6.07, 6.45) is 7.39. The summed E-state index contributed by atoms with van der Waals surface area (Å²) in [4.78, 5) is 27.2. The fourth-order valence-electron chi connectivity index (χ4n) is 13.2. The molecule has 0 aromatic carbocycles. The largest absolute Gasteiger partial charge is 0.446 e. The zero-order valence-corrected chi connectivity index (χ0v) is 28.8. The number of carbonyl (C=O) groups excluding carboxylic acids is 2. The molecule has 0 radical (unpaired) electrons. The fraction of sp³-hybridized carbons (Fsp3) is 0.892. The number of hydrogen-bond acceptors (Lipinski definition) is 6. The lowest BCUT2D eigenvalue weighted by atomic mass is 9.41. The van der Waals surface area contributed by atoms with E-state index >= 15 is 0 Å². The van der Waals surface area contributed by atoms with Gasteiger partial charge in [0, 0.05) is 30.5 Å². The second kappa shape index (κ2) is 10.3. The molecule has 13 atom stereocenters. The van der Waals surface area contributed by atoms with E-state index in [0.717, 1.165) is 63.6 Å². The molecule has 0 bridgehead atoms. The molecule has 2 N–H and O–H groups in total. The molecule has 5 aliphatic carbocycles. The van der Waals surface area contributed by atoms with Crippen LogP contribution in [-0.4, -0.2) is 72.3 Å². The molecule has 5 saturated carbocycles. The van der Waals surface area contributed by atoms with Gasteiger partial charge in [0.1, 0.15) is 6.10 Å². The number of fused-ring (bicyclic) bond motifs is 4. The maximum atomic E-state index is 12.9. The molecule has 7 rings (SSSR count). The molecule has 8 nitrogen and oxygen atoms in total. The first kappa shape index (κ1) is 31.8. The first-order valence-corrected chi connectivity index (χ1v) is 18.1. The Bertz CT molecular complexity index is 1250. The topological polar surface area (TPSA) is 97.3 Å². The summed E-state index contributed by atoms with van der Waals surface area (Å²) < 4.78 is 19.0. The lowest BCUT2D eigenvalue weighted by Crippen LogP contribution is -2.60. The van der Waals surface area contributed by atoms with Crippen molar-refractivity contribution >= 4 is 12.2 Å². The number of hydrogen-bond donors (Lipinski definition) is 2. The van der Waals surface area contributed by atoms with Gasteiger partial charge in [0.15, 0.2) is 6.10 Å². The maximum absolute atomic E-state index is 12.9. The van der Waals surface area contributed by atoms with E-state index < -0.39 is 18.3 Å². The summed E-state index contributed by atoms with van der Waals surface area (Å²) in [5.41, 5.74) is 0.924. The predicted octanol–water partition coefficient (Wildman–Crippen LogP) is 6.70. The number of carbonyl (C=O) groups is 2. The van der Waals surface area contributed by atoms with Crippen LogP contribution in [0.15, 0.2) is 12.2 Å². The number of alkyl carbamates (subject to hydrolysis) is 1. The molecule has 2 heterocycles. The Morgan fingerprint density at radius 3 is 2.40 bits per heavy atom. The molecule has 0 aromatic rings. The second-order valence-corrected chi connectivity index (χ2v) is 17.5. The minimum absolute atomic E-state index is 0.0334. The van der Waals surface area contributed by atoms with Crippen LogP contribution < -0.4 is 5.32 Å². The zero-order valence-electron chi connectivity index (χ0n) is 28.8. The van der Waals surface area contributed by atoms with Crippen LogP contribution in [0.25, 0.3) is 0 Å². The summed E-state index contributed by atoms with van der Waals surface area (Å²) in [5.74, 6) is 1.54. The average Bonchev–Trinajstić information content (AvgIpc) is 3.57. The van der Waals surface area contributed by atoms with Crippen molar-refractivity contribution in [2.45, 2.75) is 137 Å². The molecule has 0 aromatic heterocycles. The standard InChI is InChI=1S/C37H58N2O6/c1-9-38-31(41)45-28(21(2)3)23-19-22(4)27-29(43-23)30(40)35(8)25-12-11-24-33(5,6)26(44-32(42)39-17-10-18-39)13-14-36(24)20-37(25,36)16-15-34(27,35)7/h22-30,40H,2,9-20H2,1,3-8H3,(H,38,41)/t22-,23-,24+,25+,26+,27+,28?,29+,30+,34-,35-,36-,37+/m1/s1. The molecule has 2 saturated heterocycles. The Balaban J connectivity index is 1.14. The number of likely N-dealkylation sites (tertiary alicyclic amines) is 1. The van der Waals surface area contributed by atoms with Crippen molar-refractivity contribution in [3.63, 3.8) is 0 Å². The number of amides is 2. The van der Waals surface area contributed by atoms with E-state index in [9.17, 15) is 14.7 Å². The van der Waals surface area contributed by atoms with E-state index in [0.29, 0.717) is 24.3 Å². The van der Waals surface area contributed by atoms with Crippen LogP contribution in [0.1, 0.15) is 106 Å². The Labute approximate surface area is 270 Å². The number of aliphatic hydroxyl groups is 1. The Morgan fingerprint density at radius 1 is 1.07 bits per heavy atom. The van der Waals surface area contributed by atoms with Crippen LogP contribution in [0.2, 0.25) is 0 Å². The summed E-state index contributed by atoms with van der Waals surface area (Å²) in [7, 11) is 0.